The summed E-state index contributed by atoms with van der Waals surface area (Å²) in [5.74, 6) is 0. The summed E-state index contributed by atoms with van der Waals surface area (Å²) in [4.78, 5) is 2.36. The molecule has 0 spiro atoms. The molecule has 2 N–H and O–H groups in total. The molecule has 0 aliphatic rings. The lowest BCUT2D eigenvalue weighted by molar-refractivity contribution is 0.340. The molecule has 0 saturated heterocycles. The van der Waals surface area contributed by atoms with Crippen LogP contribution in [0.1, 0.15) is 33.1 Å². The maximum atomic E-state index is 5.38. The van der Waals surface area contributed by atoms with Crippen molar-refractivity contribution in [2.24, 2.45) is 5.73 Å². The molecule has 0 heterocycles. The van der Waals surface area contributed by atoms with Gasteiger partial charge in [0.1, 0.15) is 0 Å². The van der Waals surface area contributed by atoms with E-state index in [4.69, 9.17) is 5.73 Å². The molecule has 82 valence electrons. The molecular weight excluding hydrogens is 172 g/mol. The van der Waals surface area contributed by atoms with Crippen LogP contribution in [-0.4, -0.2) is 24.5 Å². The lowest BCUT2D eigenvalue weighted by Gasteiger charge is -2.25. The summed E-state index contributed by atoms with van der Waals surface area (Å²) in [6.45, 7) is 11.3. The van der Waals surface area contributed by atoms with Gasteiger partial charge in [0.05, 0.1) is 0 Å². The van der Waals surface area contributed by atoms with Gasteiger partial charge in [-0.15, -0.1) is 0 Å². The van der Waals surface area contributed by atoms with Crippen molar-refractivity contribution in [1.82, 2.24) is 4.90 Å². The van der Waals surface area contributed by atoms with Gasteiger partial charge in [0, 0.05) is 31.8 Å². The summed E-state index contributed by atoms with van der Waals surface area (Å²) in [7, 11) is 0. The quantitative estimate of drug-likeness (QED) is 0.604. The summed E-state index contributed by atoms with van der Waals surface area (Å²) in [6.07, 6.45) is 7.37. The molecule has 0 aromatic rings. The van der Waals surface area contributed by atoms with Crippen molar-refractivity contribution in [2.75, 3.05) is 19.6 Å². The van der Waals surface area contributed by atoms with Gasteiger partial charge in [-0.1, -0.05) is 32.6 Å². The zero-order chi connectivity index (χ0) is 10.8. The molecule has 2 nitrogen and oxygen atoms in total. The van der Waals surface area contributed by atoms with Crippen molar-refractivity contribution in [2.45, 2.75) is 33.1 Å². The van der Waals surface area contributed by atoms with E-state index in [-0.39, 0.29) is 0 Å². The summed E-state index contributed by atoms with van der Waals surface area (Å²) in [5.41, 5.74) is 6.58. The van der Waals surface area contributed by atoms with Crippen LogP contribution in [0.2, 0.25) is 0 Å². The van der Waals surface area contributed by atoms with Crippen LogP contribution in [0.4, 0.5) is 0 Å². The topological polar surface area (TPSA) is 29.3 Å². The second kappa shape index (κ2) is 8.82. The number of nitrogens with zero attached hydrogens (tertiary/aromatic N) is 1. The highest BCUT2D eigenvalue weighted by Gasteiger charge is 2.02. The first-order valence-corrected chi connectivity index (χ1v) is 5.54. The first-order chi connectivity index (χ1) is 6.76. The van der Waals surface area contributed by atoms with E-state index in [0.717, 1.165) is 19.5 Å². The van der Waals surface area contributed by atoms with Crippen LogP contribution in [0.5, 0.6) is 0 Å². The molecule has 0 atom stereocenters. The fourth-order valence-corrected chi connectivity index (χ4v) is 1.41. The SMILES string of the molecule is C=C(C/C=C\CN)N(CCC)CCC. The molecule has 0 bridgehead atoms. The highest BCUT2D eigenvalue weighted by atomic mass is 15.1. The maximum absolute atomic E-state index is 5.38. The summed E-state index contributed by atoms with van der Waals surface area (Å²) in [5, 5.41) is 0. The van der Waals surface area contributed by atoms with Crippen LogP contribution in [0.25, 0.3) is 0 Å². The molecule has 0 rings (SSSR count). The van der Waals surface area contributed by atoms with Gasteiger partial charge >= 0.3 is 0 Å². The zero-order valence-electron chi connectivity index (χ0n) is 9.63. The van der Waals surface area contributed by atoms with E-state index >= 15 is 0 Å². The average Bonchev–Trinajstić information content (AvgIpc) is 2.18. The minimum Gasteiger partial charge on any atom is -0.375 e. The Morgan fingerprint density at radius 1 is 1.21 bits per heavy atom. The molecule has 0 fully saturated rings. The van der Waals surface area contributed by atoms with Gasteiger partial charge in [-0.25, -0.2) is 0 Å². The Morgan fingerprint density at radius 2 is 1.79 bits per heavy atom. The number of nitrogens with two attached hydrogens (primary N) is 1. The predicted molar refractivity (Wildman–Crippen MR) is 64.1 cm³/mol. The lowest BCUT2D eigenvalue weighted by atomic mass is 10.2. The van der Waals surface area contributed by atoms with Gasteiger partial charge < -0.3 is 10.6 Å². The van der Waals surface area contributed by atoms with Crippen LogP contribution in [0.15, 0.2) is 24.4 Å². The standard InChI is InChI=1S/C12H24N2/c1-4-10-14(11-5-2)12(3)8-6-7-9-13/h6-7H,3-5,8-11,13H2,1-2H3/b7-6-. The Hall–Kier alpha value is -0.760. The Kier molecular flexibility index (Phi) is 8.34. The Morgan fingerprint density at radius 3 is 2.21 bits per heavy atom. The van der Waals surface area contributed by atoms with Crippen molar-refractivity contribution >= 4 is 0 Å². The van der Waals surface area contributed by atoms with E-state index in [1.165, 1.54) is 18.5 Å². The molecule has 0 saturated carbocycles. The fraction of sp³-hybridized carbons (Fsp3) is 0.667. The van der Waals surface area contributed by atoms with E-state index in [9.17, 15) is 0 Å². The fourth-order valence-electron chi connectivity index (χ4n) is 1.41. The second-order valence-corrected chi connectivity index (χ2v) is 3.46. The number of rotatable bonds is 8. The molecule has 2 heteroatoms. The van der Waals surface area contributed by atoms with Crippen LogP contribution < -0.4 is 5.73 Å². The predicted octanol–water partition coefficient (Wildman–Crippen LogP) is 2.53. The Balaban J connectivity index is 3.94. The summed E-state index contributed by atoms with van der Waals surface area (Å²) < 4.78 is 0. The third-order valence-corrected chi connectivity index (χ3v) is 2.09. The van der Waals surface area contributed by atoms with E-state index in [1.54, 1.807) is 0 Å². The van der Waals surface area contributed by atoms with Crippen LogP contribution in [0.3, 0.4) is 0 Å². The number of hydrogen-bond acceptors (Lipinski definition) is 2. The van der Waals surface area contributed by atoms with E-state index in [2.05, 4.69) is 31.4 Å². The number of allylic oxidation sites excluding steroid dienone is 1. The highest BCUT2D eigenvalue weighted by molar-refractivity contribution is 5.02. The third kappa shape index (κ3) is 5.81. The minimum atomic E-state index is 0.620. The third-order valence-electron chi connectivity index (χ3n) is 2.09. The van der Waals surface area contributed by atoms with Gasteiger partial charge in [0.15, 0.2) is 0 Å². The lowest BCUT2D eigenvalue weighted by Crippen LogP contribution is -2.24. The summed E-state index contributed by atoms with van der Waals surface area (Å²) in [6, 6.07) is 0. The largest absolute Gasteiger partial charge is 0.375 e. The van der Waals surface area contributed by atoms with Crippen molar-refractivity contribution in [3.63, 3.8) is 0 Å². The molecule has 0 aliphatic heterocycles. The maximum Gasteiger partial charge on any atom is 0.0172 e. The molecule has 0 unspecified atom stereocenters. The molecule has 14 heavy (non-hydrogen) atoms. The van der Waals surface area contributed by atoms with Gasteiger partial charge in [-0.3, -0.25) is 0 Å². The minimum absolute atomic E-state index is 0.620. The first kappa shape index (κ1) is 13.2. The molecule has 0 amide bonds. The number of hydrogen-bond donors (Lipinski definition) is 1. The van der Waals surface area contributed by atoms with Crippen molar-refractivity contribution in [1.29, 1.82) is 0 Å². The molecule has 0 aromatic heterocycles. The monoisotopic (exact) mass is 196 g/mol. The van der Waals surface area contributed by atoms with Crippen LogP contribution >= 0.6 is 0 Å². The summed E-state index contributed by atoms with van der Waals surface area (Å²) >= 11 is 0. The van der Waals surface area contributed by atoms with E-state index in [1.807, 2.05) is 6.08 Å². The first-order valence-electron chi connectivity index (χ1n) is 5.54. The molecule has 0 radical (unpaired) electrons. The van der Waals surface area contributed by atoms with E-state index in [0.29, 0.717) is 6.54 Å². The second-order valence-electron chi connectivity index (χ2n) is 3.46. The van der Waals surface area contributed by atoms with Gasteiger partial charge in [0.25, 0.3) is 0 Å². The Labute approximate surface area is 88.5 Å². The van der Waals surface area contributed by atoms with Crippen molar-refractivity contribution in [3.05, 3.63) is 24.4 Å². The normalized spacial score (nSPS) is 10.8. The molecule has 0 aromatic carbocycles. The van der Waals surface area contributed by atoms with Gasteiger partial charge in [0.2, 0.25) is 0 Å². The van der Waals surface area contributed by atoms with Crippen molar-refractivity contribution < 1.29 is 0 Å². The van der Waals surface area contributed by atoms with Gasteiger partial charge in [-0.05, 0) is 12.8 Å². The van der Waals surface area contributed by atoms with Crippen molar-refractivity contribution in [3.8, 4) is 0 Å². The smallest absolute Gasteiger partial charge is 0.0172 e. The highest BCUT2D eigenvalue weighted by Crippen LogP contribution is 2.08. The van der Waals surface area contributed by atoms with Gasteiger partial charge in [-0.2, -0.15) is 0 Å². The average molecular weight is 196 g/mol. The van der Waals surface area contributed by atoms with Crippen LogP contribution in [-0.2, 0) is 0 Å². The Bertz CT molecular complexity index is 167. The molecule has 0 aliphatic carbocycles. The molecular formula is C12H24N2. The van der Waals surface area contributed by atoms with E-state index < -0.39 is 0 Å². The zero-order valence-corrected chi connectivity index (χ0v) is 9.63. The van der Waals surface area contributed by atoms with Crippen LogP contribution in [0, 0.1) is 0 Å².